The minimum absolute atomic E-state index is 0.0205. The van der Waals surface area contributed by atoms with Gasteiger partial charge in [0.2, 0.25) is 0 Å². The quantitative estimate of drug-likeness (QED) is 0.928. The summed E-state index contributed by atoms with van der Waals surface area (Å²) < 4.78 is 0.789. The Balaban J connectivity index is 3.04. The number of aryl methyl sites for hydroxylation is 1. The molecular weight excluding hydrogens is 282 g/mol. The predicted molar refractivity (Wildman–Crippen MR) is 72.1 cm³/mol. The van der Waals surface area contributed by atoms with Crippen molar-refractivity contribution in [2.45, 2.75) is 26.8 Å². The molecule has 0 spiro atoms. The van der Waals surface area contributed by atoms with Crippen LogP contribution < -0.4 is 0 Å². The first-order valence-electron chi connectivity index (χ1n) is 5.65. The molecular formula is C13H18BrNO2. The highest BCUT2D eigenvalue weighted by Gasteiger charge is 2.20. The van der Waals surface area contributed by atoms with Crippen LogP contribution in [-0.4, -0.2) is 35.1 Å². The van der Waals surface area contributed by atoms with Gasteiger partial charge in [-0.15, -0.1) is 0 Å². The van der Waals surface area contributed by atoms with Gasteiger partial charge < -0.3 is 10.0 Å². The third kappa shape index (κ3) is 3.54. The molecule has 3 nitrogen and oxygen atoms in total. The Hall–Kier alpha value is -0.870. The van der Waals surface area contributed by atoms with Crippen molar-refractivity contribution in [3.63, 3.8) is 0 Å². The molecule has 1 aromatic carbocycles. The molecule has 0 unspecified atom stereocenters. The SMILES string of the molecule is Cc1ccc(Br)c(C(=O)N(CCO)C(C)C)c1. The van der Waals surface area contributed by atoms with Crippen molar-refractivity contribution in [3.8, 4) is 0 Å². The molecule has 0 aliphatic heterocycles. The molecule has 1 rings (SSSR count). The van der Waals surface area contributed by atoms with Crippen LogP contribution in [0.1, 0.15) is 29.8 Å². The monoisotopic (exact) mass is 299 g/mol. The zero-order valence-electron chi connectivity index (χ0n) is 10.4. The van der Waals surface area contributed by atoms with E-state index in [1.807, 2.05) is 39.0 Å². The lowest BCUT2D eigenvalue weighted by atomic mass is 10.1. The Morgan fingerprint density at radius 2 is 2.12 bits per heavy atom. The number of halogens is 1. The van der Waals surface area contributed by atoms with Crippen LogP contribution in [0.4, 0.5) is 0 Å². The fraction of sp³-hybridized carbons (Fsp3) is 0.462. The van der Waals surface area contributed by atoms with Crippen molar-refractivity contribution in [2.75, 3.05) is 13.2 Å². The first kappa shape index (κ1) is 14.2. The number of amides is 1. The van der Waals surface area contributed by atoms with Crippen molar-refractivity contribution in [2.24, 2.45) is 0 Å². The number of carbonyl (C=O) groups is 1. The molecule has 1 amide bonds. The van der Waals surface area contributed by atoms with Gasteiger partial charge in [0.15, 0.2) is 0 Å². The molecule has 0 aliphatic carbocycles. The highest BCUT2D eigenvalue weighted by molar-refractivity contribution is 9.10. The number of nitrogens with zero attached hydrogens (tertiary/aromatic N) is 1. The summed E-state index contributed by atoms with van der Waals surface area (Å²) in [6, 6.07) is 5.76. The number of aliphatic hydroxyl groups excluding tert-OH is 1. The third-order valence-corrected chi connectivity index (χ3v) is 3.27. The lowest BCUT2D eigenvalue weighted by molar-refractivity contribution is 0.0664. The van der Waals surface area contributed by atoms with Gasteiger partial charge >= 0.3 is 0 Å². The Morgan fingerprint density at radius 1 is 1.47 bits per heavy atom. The smallest absolute Gasteiger partial charge is 0.255 e. The van der Waals surface area contributed by atoms with Gasteiger partial charge in [-0.1, -0.05) is 11.6 Å². The topological polar surface area (TPSA) is 40.5 Å². The standard InChI is InChI=1S/C13H18BrNO2/c1-9(2)15(6-7-16)13(17)11-8-10(3)4-5-12(11)14/h4-5,8-9,16H,6-7H2,1-3H3. The van der Waals surface area contributed by atoms with Crippen LogP contribution in [0.5, 0.6) is 0 Å². The van der Waals surface area contributed by atoms with E-state index in [0.717, 1.165) is 10.0 Å². The van der Waals surface area contributed by atoms with E-state index < -0.39 is 0 Å². The summed E-state index contributed by atoms with van der Waals surface area (Å²) in [7, 11) is 0. The predicted octanol–water partition coefficient (Wildman–Crippen LogP) is 2.60. The van der Waals surface area contributed by atoms with Gasteiger partial charge in [0.05, 0.1) is 12.2 Å². The zero-order chi connectivity index (χ0) is 13.0. The molecule has 1 aromatic rings. The van der Waals surface area contributed by atoms with Gasteiger partial charge in [0, 0.05) is 17.1 Å². The summed E-state index contributed by atoms with van der Waals surface area (Å²) in [4.78, 5) is 14.0. The second kappa shape index (κ2) is 6.17. The molecule has 0 fully saturated rings. The summed E-state index contributed by atoms with van der Waals surface area (Å²) in [6.45, 7) is 6.17. The number of benzene rings is 1. The maximum Gasteiger partial charge on any atom is 0.255 e. The maximum atomic E-state index is 12.3. The van der Waals surface area contributed by atoms with Crippen molar-refractivity contribution in [1.82, 2.24) is 4.90 Å². The number of hydrogen-bond acceptors (Lipinski definition) is 2. The van der Waals surface area contributed by atoms with Crippen LogP contribution in [0.25, 0.3) is 0 Å². The normalized spacial score (nSPS) is 10.7. The summed E-state index contributed by atoms with van der Waals surface area (Å²) in [6.07, 6.45) is 0. The molecule has 17 heavy (non-hydrogen) atoms. The fourth-order valence-corrected chi connectivity index (χ4v) is 2.08. The first-order chi connectivity index (χ1) is 7.97. The second-order valence-electron chi connectivity index (χ2n) is 4.30. The molecule has 0 bridgehead atoms. The molecule has 1 N–H and O–H groups in total. The lowest BCUT2D eigenvalue weighted by Crippen LogP contribution is -2.39. The van der Waals surface area contributed by atoms with E-state index in [-0.39, 0.29) is 18.6 Å². The van der Waals surface area contributed by atoms with Crippen LogP contribution in [0.15, 0.2) is 22.7 Å². The largest absolute Gasteiger partial charge is 0.395 e. The van der Waals surface area contributed by atoms with E-state index in [1.165, 1.54) is 0 Å². The average molecular weight is 300 g/mol. The van der Waals surface area contributed by atoms with Crippen LogP contribution >= 0.6 is 15.9 Å². The van der Waals surface area contributed by atoms with Crippen LogP contribution in [-0.2, 0) is 0 Å². The van der Waals surface area contributed by atoms with E-state index in [9.17, 15) is 4.79 Å². The van der Waals surface area contributed by atoms with Crippen molar-refractivity contribution < 1.29 is 9.90 Å². The Labute approximate surface area is 111 Å². The highest BCUT2D eigenvalue weighted by atomic mass is 79.9. The van der Waals surface area contributed by atoms with Gasteiger partial charge in [-0.05, 0) is 48.8 Å². The van der Waals surface area contributed by atoms with E-state index in [2.05, 4.69) is 15.9 Å². The van der Waals surface area contributed by atoms with Gasteiger partial charge in [-0.3, -0.25) is 4.79 Å². The van der Waals surface area contributed by atoms with Crippen molar-refractivity contribution in [1.29, 1.82) is 0 Å². The molecule has 0 heterocycles. The summed E-state index contributed by atoms with van der Waals surface area (Å²) >= 11 is 3.39. The number of hydrogen-bond donors (Lipinski definition) is 1. The Kier molecular flexibility index (Phi) is 5.15. The molecule has 4 heteroatoms. The van der Waals surface area contributed by atoms with E-state index >= 15 is 0 Å². The third-order valence-electron chi connectivity index (χ3n) is 2.58. The lowest BCUT2D eigenvalue weighted by Gasteiger charge is -2.26. The summed E-state index contributed by atoms with van der Waals surface area (Å²) in [5.41, 5.74) is 1.69. The van der Waals surface area contributed by atoms with Gasteiger partial charge in [0.25, 0.3) is 5.91 Å². The molecule has 0 atom stereocenters. The van der Waals surface area contributed by atoms with E-state index in [1.54, 1.807) is 4.90 Å². The van der Waals surface area contributed by atoms with E-state index in [4.69, 9.17) is 5.11 Å². The molecule has 0 radical (unpaired) electrons. The average Bonchev–Trinajstić information content (AvgIpc) is 2.28. The molecule has 0 aromatic heterocycles. The zero-order valence-corrected chi connectivity index (χ0v) is 12.0. The van der Waals surface area contributed by atoms with Crippen molar-refractivity contribution in [3.05, 3.63) is 33.8 Å². The van der Waals surface area contributed by atoms with Gasteiger partial charge in [-0.2, -0.15) is 0 Å². The molecule has 0 saturated heterocycles. The van der Waals surface area contributed by atoms with Crippen LogP contribution in [0.3, 0.4) is 0 Å². The van der Waals surface area contributed by atoms with Crippen LogP contribution in [0.2, 0.25) is 0 Å². The number of rotatable bonds is 4. The second-order valence-corrected chi connectivity index (χ2v) is 5.15. The highest BCUT2D eigenvalue weighted by Crippen LogP contribution is 2.20. The Bertz CT molecular complexity index is 404. The van der Waals surface area contributed by atoms with E-state index in [0.29, 0.717) is 12.1 Å². The van der Waals surface area contributed by atoms with Crippen molar-refractivity contribution >= 4 is 21.8 Å². The number of aliphatic hydroxyl groups is 1. The van der Waals surface area contributed by atoms with Gasteiger partial charge in [-0.25, -0.2) is 0 Å². The Morgan fingerprint density at radius 3 is 2.65 bits per heavy atom. The molecule has 0 aliphatic rings. The van der Waals surface area contributed by atoms with Gasteiger partial charge in [0.1, 0.15) is 0 Å². The minimum Gasteiger partial charge on any atom is -0.395 e. The molecule has 0 saturated carbocycles. The first-order valence-corrected chi connectivity index (χ1v) is 6.44. The van der Waals surface area contributed by atoms with Crippen LogP contribution in [0, 0.1) is 6.92 Å². The molecule has 94 valence electrons. The summed E-state index contributed by atoms with van der Waals surface area (Å²) in [5.74, 6) is -0.0513. The maximum absolute atomic E-state index is 12.3. The number of carbonyl (C=O) groups excluding carboxylic acids is 1. The summed E-state index contributed by atoms with van der Waals surface area (Å²) in [5, 5.41) is 9.00. The fourth-order valence-electron chi connectivity index (χ4n) is 1.66. The minimum atomic E-state index is -0.0513.